The second kappa shape index (κ2) is 7.05. The molecule has 0 N–H and O–H groups in total. The quantitative estimate of drug-likeness (QED) is 0.674. The number of nitrogens with zero attached hydrogens (tertiary/aromatic N) is 3. The van der Waals surface area contributed by atoms with Gasteiger partial charge in [-0.25, -0.2) is 0 Å². The van der Waals surface area contributed by atoms with Gasteiger partial charge in [0.2, 0.25) is 6.79 Å². The van der Waals surface area contributed by atoms with E-state index in [-0.39, 0.29) is 6.79 Å². The Morgan fingerprint density at radius 1 is 1.04 bits per heavy atom. The fourth-order valence-electron chi connectivity index (χ4n) is 2.82. The minimum absolute atomic E-state index is 0.283. The number of hydrogen-bond acceptors (Lipinski definition) is 7. The molecule has 2 heterocycles. The van der Waals surface area contributed by atoms with Crippen LogP contribution in [0.15, 0.2) is 47.0 Å². The van der Waals surface area contributed by atoms with Gasteiger partial charge in [0, 0.05) is 12.1 Å². The summed E-state index contributed by atoms with van der Waals surface area (Å²) in [5.74, 6) is 3.51. The Labute approximate surface area is 151 Å². The van der Waals surface area contributed by atoms with Crippen molar-refractivity contribution in [3.8, 4) is 28.7 Å². The molecule has 134 valence electrons. The van der Waals surface area contributed by atoms with E-state index in [1.165, 1.54) is 0 Å². The maximum absolute atomic E-state index is 5.42. The van der Waals surface area contributed by atoms with Crippen LogP contribution >= 0.6 is 0 Å². The summed E-state index contributed by atoms with van der Waals surface area (Å²) in [7, 11) is 3.64. The third-order valence-electron chi connectivity index (χ3n) is 4.11. The van der Waals surface area contributed by atoms with Gasteiger partial charge in [-0.15, -0.1) is 0 Å². The second-order valence-corrected chi connectivity index (χ2v) is 6.10. The molecule has 0 unspecified atom stereocenters. The Bertz CT molecular complexity index is 892. The SMILES string of the molecule is COc1ccc(-c2nc(CN(C)Cc3ccc4c(c3)OCO4)no2)cc1. The van der Waals surface area contributed by atoms with Gasteiger partial charge in [0.05, 0.1) is 13.7 Å². The molecule has 0 radical (unpaired) electrons. The molecule has 3 aromatic rings. The van der Waals surface area contributed by atoms with E-state index < -0.39 is 0 Å². The van der Waals surface area contributed by atoms with Gasteiger partial charge < -0.3 is 18.7 Å². The Morgan fingerprint density at radius 2 is 1.85 bits per heavy atom. The fourth-order valence-corrected chi connectivity index (χ4v) is 2.82. The van der Waals surface area contributed by atoms with Gasteiger partial charge in [-0.3, -0.25) is 4.90 Å². The van der Waals surface area contributed by atoms with Crippen LogP contribution in [-0.2, 0) is 13.1 Å². The van der Waals surface area contributed by atoms with Crippen molar-refractivity contribution in [1.29, 1.82) is 0 Å². The topological polar surface area (TPSA) is 69.9 Å². The molecule has 7 nitrogen and oxygen atoms in total. The third-order valence-corrected chi connectivity index (χ3v) is 4.11. The van der Waals surface area contributed by atoms with Gasteiger partial charge in [0.25, 0.3) is 5.89 Å². The number of hydrogen-bond donors (Lipinski definition) is 0. The summed E-state index contributed by atoms with van der Waals surface area (Å²) < 4.78 is 21.3. The van der Waals surface area contributed by atoms with Crippen molar-refractivity contribution in [1.82, 2.24) is 15.0 Å². The first-order chi connectivity index (χ1) is 12.7. The Hall–Kier alpha value is -3.06. The van der Waals surface area contributed by atoms with Crippen LogP contribution in [0, 0.1) is 0 Å². The van der Waals surface area contributed by atoms with Gasteiger partial charge in [0.15, 0.2) is 17.3 Å². The van der Waals surface area contributed by atoms with E-state index in [1.54, 1.807) is 7.11 Å². The van der Waals surface area contributed by atoms with Crippen LogP contribution in [0.5, 0.6) is 17.2 Å². The summed E-state index contributed by atoms with van der Waals surface area (Å²) >= 11 is 0. The summed E-state index contributed by atoms with van der Waals surface area (Å²) in [5, 5.41) is 4.07. The minimum Gasteiger partial charge on any atom is -0.497 e. The first kappa shape index (κ1) is 16.4. The highest BCUT2D eigenvalue weighted by molar-refractivity contribution is 5.54. The van der Waals surface area contributed by atoms with Crippen molar-refractivity contribution in [2.24, 2.45) is 0 Å². The maximum atomic E-state index is 5.42. The molecule has 1 aromatic heterocycles. The molecule has 0 spiro atoms. The second-order valence-electron chi connectivity index (χ2n) is 6.10. The zero-order valence-electron chi connectivity index (χ0n) is 14.6. The lowest BCUT2D eigenvalue weighted by Crippen LogP contribution is -2.18. The van der Waals surface area contributed by atoms with Crippen molar-refractivity contribution in [3.63, 3.8) is 0 Å². The van der Waals surface area contributed by atoms with Crippen molar-refractivity contribution < 1.29 is 18.7 Å². The predicted octanol–water partition coefficient (Wildman–Crippen LogP) is 3.11. The molecule has 0 saturated heterocycles. The summed E-state index contributed by atoms with van der Waals surface area (Å²) in [4.78, 5) is 6.58. The monoisotopic (exact) mass is 353 g/mol. The van der Waals surface area contributed by atoms with Crippen LogP contribution in [-0.4, -0.2) is 36.0 Å². The zero-order chi connectivity index (χ0) is 17.9. The van der Waals surface area contributed by atoms with Gasteiger partial charge in [0.1, 0.15) is 5.75 Å². The maximum Gasteiger partial charge on any atom is 0.257 e. The Morgan fingerprint density at radius 3 is 2.65 bits per heavy atom. The minimum atomic E-state index is 0.283. The number of aromatic nitrogens is 2. The first-order valence-corrected chi connectivity index (χ1v) is 8.25. The summed E-state index contributed by atoms with van der Waals surface area (Å²) in [5.41, 5.74) is 2.00. The highest BCUT2D eigenvalue weighted by Gasteiger charge is 2.15. The molecule has 4 rings (SSSR count). The smallest absolute Gasteiger partial charge is 0.257 e. The van der Waals surface area contributed by atoms with Crippen molar-refractivity contribution in [3.05, 3.63) is 53.9 Å². The summed E-state index contributed by atoms with van der Waals surface area (Å²) in [6.45, 7) is 1.60. The molecule has 0 saturated carbocycles. The van der Waals surface area contributed by atoms with E-state index in [2.05, 4.69) is 15.0 Å². The molecule has 1 aliphatic heterocycles. The molecular weight excluding hydrogens is 334 g/mol. The lowest BCUT2D eigenvalue weighted by Gasteiger charge is -2.14. The van der Waals surface area contributed by atoms with Gasteiger partial charge in [-0.2, -0.15) is 4.98 Å². The highest BCUT2D eigenvalue weighted by Crippen LogP contribution is 2.32. The predicted molar refractivity (Wildman–Crippen MR) is 94.0 cm³/mol. The van der Waals surface area contributed by atoms with E-state index in [1.807, 2.05) is 49.5 Å². The van der Waals surface area contributed by atoms with Crippen LogP contribution in [0.1, 0.15) is 11.4 Å². The third kappa shape index (κ3) is 3.48. The number of ether oxygens (including phenoxy) is 3. The molecule has 7 heteroatoms. The van der Waals surface area contributed by atoms with Crippen LogP contribution in [0.25, 0.3) is 11.5 Å². The van der Waals surface area contributed by atoms with Crippen molar-refractivity contribution >= 4 is 0 Å². The highest BCUT2D eigenvalue weighted by atomic mass is 16.7. The molecule has 0 fully saturated rings. The average Bonchev–Trinajstić information content (AvgIpc) is 3.30. The standard InChI is InChI=1S/C19H19N3O4/c1-22(10-13-3-8-16-17(9-13)25-12-24-16)11-18-20-19(26-21-18)14-4-6-15(23-2)7-5-14/h3-9H,10-12H2,1-2H3. The van der Waals surface area contributed by atoms with Crippen LogP contribution in [0.3, 0.4) is 0 Å². The molecular formula is C19H19N3O4. The summed E-state index contributed by atoms with van der Waals surface area (Å²) in [6.07, 6.45) is 0. The van der Waals surface area contributed by atoms with Crippen LogP contribution < -0.4 is 14.2 Å². The molecule has 1 aliphatic rings. The normalized spacial score (nSPS) is 12.6. The number of rotatable bonds is 6. The Kier molecular flexibility index (Phi) is 4.45. The molecule has 0 amide bonds. The number of methoxy groups -OCH3 is 1. The lowest BCUT2D eigenvalue weighted by atomic mass is 10.2. The Balaban J connectivity index is 1.40. The van der Waals surface area contributed by atoms with E-state index in [9.17, 15) is 0 Å². The van der Waals surface area contributed by atoms with Gasteiger partial charge >= 0.3 is 0 Å². The molecule has 2 aromatic carbocycles. The van der Waals surface area contributed by atoms with E-state index in [0.717, 1.165) is 34.9 Å². The van der Waals surface area contributed by atoms with Crippen LogP contribution in [0.2, 0.25) is 0 Å². The number of fused-ring (bicyclic) bond motifs is 1. The average molecular weight is 353 g/mol. The first-order valence-electron chi connectivity index (χ1n) is 8.25. The van der Waals surface area contributed by atoms with Gasteiger partial charge in [-0.05, 0) is 49.0 Å². The zero-order valence-corrected chi connectivity index (χ0v) is 14.6. The van der Waals surface area contributed by atoms with E-state index >= 15 is 0 Å². The molecule has 0 atom stereocenters. The van der Waals surface area contributed by atoms with Gasteiger partial charge in [-0.1, -0.05) is 11.2 Å². The van der Waals surface area contributed by atoms with Crippen LogP contribution in [0.4, 0.5) is 0 Å². The number of benzene rings is 2. The largest absolute Gasteiger partial charge is 0.497 e. The molecule has 0 bridgehead atoms. The van der Waals surface area contributed by atoms with Crippen molar-refractivity contribution in [2.75, 3.05) is 21.0 Å². The van der Waals surface area contributed by atoms with Crippen molar-refractivity contribution in [2.45, 2.75) is 13.1 Å². The molecule has 26 heavy (non-hydrogen) atoms. The van der Waals surface area contributed by atoms with E-state index in [0.29, 0.717) is 18.3 Å². The fraction of sp³-hybridized carbons (Fsp3) is 0.263. The summed E-state index contributed by atoms with van der Waals surface area (Å²) in [6, 6.07) is 13.5. The van der Waals surface area contributed by atoms with E-state index in [4.69, 9.17) is 18.7 Å². The lowest BCUT2D eigenvalue weighted by molar-refractivity contribution is 0.174. The molecule has 0 aliphatic carbocycles.